The summed E-state index contributed by atoms with van der Waals surface area (Å²) in [6.45, 7) is 4.00. The fraction of sp³-hybridized carbons (Fsp3) is 0.667. The number of thiophene rings is 1. The van der Waals surface area contributed by atoms with Crippen LogP contribution in [0.15, 0.2) is 6.07 Å². The Kier molecular flexibility index (Phi) is 4.37. The van der Waals surface area contributed by atoms with Crippen molar-refractivity contribution in [2.24, 2.45) is 5.41 Å². The van der Waals surface area contributed by atoms with E-state index in [-0.39, 0.29) is 5.41 Å². The predicted molar refractivity (Wildman–Crippen MR) is 74.1 cm³/mol. The zero-order chi connectivity index (χ0) is 12.5. The zero-order valence-electron chi connectivity index (χ0n) is 9.80. The third-order valence-electron chi connectivity index (χ3n) is 3.54. The van der Waals surface area contributed by atoms with Crippen molar-refractivity contribution >= 4 is 34.5 Å². The summed E-state index contributed by atoms with van der Waals surface area (Å²) in [5.41, 5.74) is -0.0493. The molecule has 0 radical (unpaired) electrons. The van der Waals surface area contributed by atoms with Crippen LogP contribution in [0.3, 0.4) is 0 Å². The minimum absolute atomic E-state index is 0.0493. The Morgan fingerprint density at radius 2 is 2.35 bits per heavy atom. The average Bonchev–Trinajstić information content (AvgIpc) is 2.88. The summed E-state index contributed by atoms with van der Waals surface area (Å²) in [5, 5.41) is 14.5. The van der Waals surface area contributed by atoms with Crippen LogP contribution in [-0.2, 0) is 0 Å². The summed E-state index contributed by atoms with van der Waals surface area (Å²) >= 11 is 13.3. The van der Waals surface area contributed by atoms with Gasteiger partial charge < -0.3 is 10.4 Å². The van der Waals surface area contributed by atoms with Crippen molar-refractivity contribution in [3.05, 3.63) is 20.3 Å². The Morgan fingerprint density at radius 1 is 1.59 bits per heavy atom. The quantitative estimate of drug-likeness (QED) is 0.883. The van der Waals surface area contributed by atoms with Crippen molar-refractivity contribution in [1.29, 1.82) is 0 Å². The molecule has 2 unspecified atom stereocenters. The molecule has 1 aliphatic heterocycles. The van der Waals surface area contributed by atoms with Gasteiger partial charge in [0.25, 0.3) is 0 Å². The lowest BCUT2D eigenvalue weighted by Crippen LogP contribution is -2.31. The number of aliphatic hydroxyl groups is 1. The molecule has 0 aromatic carbocycles. The minimum atomic E-state index is -0.465. The molecule has 5 heteroatoms. The van der Waals surface area contributed by atoms with E-state index in [1.807, 2.05) is 0 Å². The lowest BCUT2D eigenvalue weighted by molar-refractivity contribution is 0.0323. The van der Waals surface area contributed by atoms with Crippen LogP contribution >= 0.6 is 34.5 Å². The summed E-state index contributed by atoms with van der Waals surface area (Å²) in [6, 6.07) is 1.80. The molecule has 1 saturated heterocycles. The normalized spacial score (nSPS) is 26.4. The van der Waals surface area contributed by atoms with Gasteiger partial charge in [-0.15, -0.1) is 11.3 Å². The number of nitrogens with one attached hydrogen (secondary N) is 1. The van der Waals surface area contributed by atoms with Crippen LogP contribution in [-0.4, -0.2) is 18.2 Å². The first-order valence-electron chi connectivity index (χ1n) is 5.92. The second kappa shape index (κ2) is 5.45. The third-order valence-corrected chi connectivity index (χ3v) is 5.46. The lowest BCUT2D eigenvalue weighted by atomic mass is 9.77. The van der Waals surface area contributed by atoms with Crippen LogP contribution < -0.4 is 5.32 Å². The monoisotopic (exact) mass is 293 g/mol. The number of hydrogen-bond donors (Lipinski definition) is 2. The predicted octanol–water partition coefficient (Wildman–Crippen LogP) is 3.87. The summed E-state index contributed by atoms with van der Waals surface area (Å²) in [5.74, 6) is 0. The molecular weight excluding hydrogens is 277 g/mol. The number of hydrogen-bond acceptors (Lipinski definition) is 3. The Morgan fingerprint density at radius 3 is 2.82 bits per heavy atom. The van der Waals surface area contributed by atoms with Crippen molar-refractivity contribution in [1.82, 2.24) is 5.32 Å². The maximum atomic E-state index is 10.6. The lowest BCUT2D eigenvalue weighted by Gasteiger charge is -2.32. The molecule has 0 saturated carbocycles. The molecule has 2 heterocycles. The highest BCUT2D eigenvalue weighted by molar-refractivity contribution is 7.17. The van der Waals surface area contributed by atoms with E-state index in [4.69, 9.17) is 23.2 Å². The van der Waals surface area contributed by atoms with Gasteiger partial charge in [-0.05, 0) is 25.5 Å². The first kappa shape index (κ1) is 13.6. The molecule has 96 valence electrons. The van der Waals surface area contributed by atoms with E-state index >= 15 is 0 Å². The Hall–Kier alpha value is 0.200. The van der Waals surface area contributed by atoms with Crippen LogP contribution in [0.1, 0.15) is 37.2 Å². The fourth-order valence-electron chi connectivity index (χ4n) is 2.64. The van der Waals surface area contributed by atoms with Crippen LogP contribution in [0.2, 0.25) is 9.36 Å². The van der Waals surface area contributed by atoms with Gasteiger partial charge in [0.2, 0.25) is 0 Å². The largest absolute Gasteiger partial charge is 0.387 e. The van der Waals surface area contributed by atoms with Crippen LogP contribution in [0.25, 0.3) is 0 Å². The molecule has 2 atom stereocenters. The molecule has 2 nitrogen and oxygen atoms in total. The standard InChI is InChI=1S/C12H17Cl2NOS/c1-2-3-12(4-5-15-7-12)10(16)9-6-8(13)11(14)17-9/h6,10,15-16H,2-5,7H2,1H3. The van der Waals surface area contributed by atoms with Gasteiger partial charge in [-0.3, -0.25) is 0 Å². The summed E-state index contributed by atoms with van der Waals surface area (Å²) in [6.07, 6.45) is 2.64. The fourth-order valence-corrected chi connectivity index (χ4v) is 4.17. The Labute approximate surface area is 116 Å². The van der Waals surface area contributed by atoms with Gasteiger partial charge in [-0.1, -0.05) is 36.5 Å². The zero-order valence-corrected chi connectivity index (χ0v) is 12.1. The van der Waals surface area contributed by atoms with Crippen molar-refractivity contribution in [2.45, 2.75) is 32.3 Å². The third kappa shape index (κ3) is 2.64. The van der Waals surface area contributed by atoms with Gasteiger partial charge in [-0.25, -0.2) is 0 Å². The molecule has 0 spiro atoms. The van der Waals surface area contributed by atoms with Gasteiger partial charge in [0, 0.05) is 16.8 Å². The second-order valence-corrected chi connectivity index (χ2v) is 6.81. The number of aliphatic hydroxyl groups excluding tert-OH is 1. The molecule has 1 aromatic heterocycles. The molecule has 2 rings (SSSR count). The van der Waals surface area contributed by atoms with Gasteiger partial charge in [0.1, 0.15) is 4.34 Å². The number of rotatable bonds is 4. The maximum Gasteiger partial charge on any atom is 0.112 e. The van der Waals surface area contributed by atoms with Crippen molar-refractivity contribution < 1.29 is 5.11 Å². The van der Waals surface area contributed by atoms with Crippen molar-refractivity contribution in [3.63, 3.8) is 0 Å². The molecular formula is C12H17Cl2NOS. The minimum Gasteiger partial charge on any atom is -0.387 e. The first-order valence-corrected chi connectivity index (χ1v) is 7.50. The molecule has 1 fully saturated rings. The van der Waals surface area contributed by atoms with E-state index in [0.29, 0.717) is 9.36 Å². The van der Waals surface area contributed by atoms with E-state index in [0.717, 1.165) is 37.2 Å². The first-order chi connectivity index (χ1) is 8.09. The molecule has 1 aromatic rings. The smallest absolute Gasteiger partial charge is 0.112 e. The van der Waals surface area contributed by atoms with E-state index in [1.54, 1.807) is 6.07 Å². The summed E-state index contributed by atoms with van der Waals surface area (Å²) in [4.78, 5) is 0.886. The molecule has 2 N–H and O–H groups in total. The topological polar surface area (TPSA) is 32.3 Å². The van der Waals surface area contributed by atoms with E-state index in [9.17, 15) is 5.11 Å². The van der Waals surface area contributed by atoms with Crippen LogP contribution in [0.5, 0.6) is 0 Å². The highest BCUT2D eigenvalue weighted by atomic mass is 35.5. The van der Waals surface area contributed by atoms with Crippen LogP contribution in [0.4, 0.5) is 0 Å². The average molecular weight is 294 g/mol. The highest BCUT2D eigenvalue weighted by Crippen LogP contribution is 2.47. The van der Waals surface area contributed by atoms with Crippen LogP contribution in [0, 0.1) is 5.41 Å². The number of halogens is 2. The van der Waals surface area contributed by atoms with Gasteiger partial charge >= 0.3 is 0 Å². The van der Waals surface area contributed by atoms with Crippen molar-refractivity contribution in [2.75, 3.05) is 13.1 Å². The highest BCUT2D eigenvalue weighted by Gasteiger charge is 2.41. The summed E-state index contributed by atoms with van der Waals surface area (Å²) < 4.78 is 0.568. The van der Waals surface area contributed by atoms with Gasteiger partial charge in [0.15, 0.2) is 0 Å². The Bertz CT molecular complexity index is 368. The van der Waals surface area contributed by atoms with E-state index < -0.39 is 6.10 Å². The molecule has 0 amide bonds. The van der Waals surface area contributed by atoms with Crippen molar-refractivity contribution in [3.8, 4) is 0 Å². The second-order valence-electron chi connectivity index (χ2n) is 4.71. The van der Waals surface area contributed by atoms with Gasteiger partial charge in [0.05, 0.1) is 11.1 Å². The molecule has 0 bridgehead atoms. The molecule has 0 aliphatic carbocycles. The Balaban J connectivity index is 2.24. The SMILES string of the molecule is CCCC1(C(O)c2cc(Cl)c(Cl)s2)CCNC1. The van der Waals surface area contributed by atoms with Gasteiger partial charge in [-0.2, -0.15) is 0 Å². The molecule has 17 heavy (non-hydrogen) atoms. The van der Waals surface area contributed by atoms with E-state index in [2.05, 4.69) is 12.2 Å². The maximum absolute atomic E-state index is 10.6. The summed E-state index contributed by atoms with van der Waals surface area (Å²) in [7, 11) is 0. The molecule has 1 aliphatic rings. The van der Waals surface area contributed by atoms with E-state index in [1.165, 1.54) is 11.3 Å².